The van der Waals surface area contributed by atoms with E-state index < -0.39 is 10.8 Å². The molecule has 2 rings (SSSR count). The van der Waals surface area contributed by atoms with Crippen molar-refractivity contribution >= 4 is 34.6 Å². The molecular weight excluding hydrogens is 334 g/mol. The molecule has 2 aromatic carbocycles. The Labute approximate surface area is 142 Å². The molecule has 0 aliphatic rings. The van der Waals surface area contributed by atoms with E-state index in [1.54, 1.807) is 24.3 Å². The fourth-order valence-electron chi connectivity index (χ4n) is 1.89. The number of hydrogen-bond donors (Lipinski definition) is 3. The molecule has 24 heavy (non-hydrogen) atoms. The van der Waals surface area contributed by atoms with Crippen molar-refractivity contribution in [3.8, 4) is 11.5 Å². The van der Waals surface area contributed by atoms with E-state index in [9.17, 15) is 20.0 Å². The normalized spacial score (nSPS) is 9.88. The predicted octanol–water partition coefficient (Wildman–Crippen LogP) is 2.44. The van der Waals surface area contributed by atoms with Gasteiger partial charge in [0.2, 0.25) is 0 Å². The number of thiocarbonyl (C=S) groups is 1. The monoisotopic (exact) mass is 347 g/mol. The molecule has 0 fully saturated rings. The number of phenols is 1. The minimum atomic E-state index is -0.610. The largest absolute Gasteiger partial charge is 0.506 e. The minimum absolute atomic E-state index is 0.00882. The Bertz CT molecular complexity index is 809. The Morgan fingerprint density at radius 2 is 2.00 bits per heavy atom. The molecule has 0 spiro atoms. The number of carbonyl (C=O) groups excluding carboxylic acids is 1. The van der Waals surface area contributed by atoms with Crippen LogP contribution in [0.15, 0.2) is 42.5 Å². The van der Waals surface area contributed by atoms with Gasteiger partial charge in [0.15, 0.2) is 5.11 Å². The van der Waals surface area contributed by atoms with Gasteiger partial charge in [0.05, 0.1) is 23.3 Å². The molecule has 0 aromatic heterocycles. The lowest BCUT2D eigenvalue weighted by atomic mass is 10.2. The number of aromatic hydroxyl groups is 1. The van der Waals surface area contributed by atoms with Gasteiger partial charge in [-0.05, 0) is 30.4 Å². The SMILES string of the molecule is COc1ccccc1C(=O)NC(=S)Nc1cc([N+](=O)[O-])ccc1O. The lowest BCUT2D eigenvalue weighted by Gasteiger charge is -2.12. The van der Waals surface area contributed by atoms with Crippen LogP contribution in [0.5, 0.6) is 11.5 Å². The van der Waals surface area contributed by atoms with Crippen LogP contribution < -0.4 is 15.4 Å². The Morgan fingerprint density at radius 1 is 1.29 bits per heavy atom. The van der Waals surface area contributed by atoms with E-state index in [2.05, 4.69) is 10.6 Å². The molecule has 8 nitrogen and oxygen atoms in total. The molecule has 0 heterocycles. The number of nitro benzene ring substituents is 1. The summed E-state index contributed by atoms with van der Waals surface area (Å²) >= 11 is 5.00. The highest BCUT2D eigenvalue weighted by Crippen LogP contribution is 2.27. The van der Waals surface area contributed by atoms with Gasteiger partial charge < -0.3 is 15.2 Å². The molecule has 0 unspecified atom stereocenters. The molecule has 0 saturated heterocycles. The van der Waals surface area contributed by atoms with Crippen molar-refractivity contribution in [2.24, 2.45) is 0 Å². The highest BCUT2D eigenvalue weighted by molar-refractivity contribution is 7.80. The molecule has 0 aliphatic carbocycles. The zero-order chi connectivity index (χ0) is 17.7. The van der Waals surface area contributed by atoms with Crippen LogP contribution in [0.1, 0.15) is 10.4 Å². The Hall–Kier alpha value is -3.20. The maximum absolute atomic E-state index is 12.2. The lowest BCUT2D eigenvalue weighted by Crippen LogP contribution is -2.34. The number of nitrogens with zero attached hydrogens (tertiary/aromatic N) is 1. The fraction of sp³-hybridized carbons (Fsp3) is 0.0667. The molecule has 0 aliphatic heterocycles. The lowest BCUT2D eigenvalue weighted by molar-refractivity contribution is -0.384. The molecule has 1 amide bonds. The molecule has 0 bridgehead atoms. The van der Waals surface area contributed by atoms with E-state index in [4.69, 9.17) is 17.0 Å². The van der Waals surface area contributed by atoms with E-state index in [-0.39, 0.29) is 27.8 Å². The maximum atomic E-state index is 12.2. The van der Waals surface area contributed by atoms with Crippen molar-refractivity contribution in [3.05, 3.63) is 58.1 Å². The molecule has 0 saturated carbocycles. The predicted molar refractivity (Wildman–Crippen MR) is 91.4 cm³/mol. The zero-order valence-corrected chi connectivity index (χ0v) is 13.3. The van der Waals surface area contributed by atoms with Gasteiger partial charge >= 0.3 is 0 Å². The van der Waals surface area contributed by atoms with Crippen molar-refractivity contribution in [1.82, 2.24) is 5.32 Å². The first kappa shape index (κ1) is 17.2. The second-order valence-corrected chi connectivity index (χ2v) is 4.98. The number of para-hydroxylation sites is 1. The number of anilines is 1. The van der Waals surface area contributed by atoms with Gasteiger partial charge in [0.25, 0.3) is 11.6 Å². The number of amides is 1. The third-order valence-corrected chi connectivity index (χ3v) is 3.22. The second-order valence-electron chi connectivity index (χ2n) is 4.57. The van der Waals surface area contributed by atoms with Gasteiger partial charge in [0.1, 0.15) is 11.5 Å². The molecule has 0 atom stereocenters. The quantitative estimate of drug-likeness (QED) is 0.337. The number of rotatable bonds is 4. The summed E-state index contributed by atoms with van der Waals surface area (Å²) in [4.78, 5) is 22.3. The van der Waals surface area contributed by atoms with Crippen molar-refractivity contribution < 1.29 is 19.6 Å². The summed E-state index contributed by atoms with van der Waals surface area (Å²) in [5, 5.41) is 25.3. The summed E-state index contributed by atoms with van der Waals surface area (Å²) in [5.41, 5.74) is 0.0519. The summed E-state index contributed by atoms with van der Waals surface area (Å²) in [6, 6.07) is 9.98. The van der Waals surface area contributed by atoms with Crippen molar-refractivity contribution in [1.29, 1.82) is 0 Å². The summed E-state index contributed by atoms with van der Waals surface area (Å²) in [5.74, 6) is -0.389. The summed E-state index contributed by atoms with van der Waals surface area (Å²) in [6.45, 7) is 0. The summed E-state index contributed by atoms with van der Waals surface area (Å²) < 4.78 is 5.09. The van der Waals surface area contributed by atoms with Gasteiger partial charge in [-0.25, -0.2) is 0 Å². The van der Waals surface area contributed by atoms with Crippen LogP contribution in [0.3, 0.4) is 0 Å². The van der Waals surface area contributed by atoms with Crippen molar-refractivity contribution in [2.75, 3.05) is 12.4 Å². The van der Waals surface area contributed by atoms with Gasteiger partial charge in [0, 0.05) is 12.1 Å². The number of benzene rings is 2. The smallest absolute Gasteiger partial charge is 0.271 e. The van der Waals surface area contributed by atoms with Crippen LogP contribution in [-0.2, 0) is 0 Å². The van der Waals surface area contributed by atoms with E-state index >= 15 is 0 Å². The first-order chi connectivity index (χ1) is 11.4. The third kappa shape index (κ3) is 3.96. The first-order valence-corrected chi connectivity index (χ1v) is 7.06. The van der Waals surface area contributed by atoms with E-state index in [1.807, 2.05) is 0 Å². The van der Waals surface area contributed by atoms with Crippen molar-refractivity contribution in [2.45, 2.75) is 0 Å². The molecule has 0 radical (unpaired) electrons. The Kier molecular flexibility index (Phi) is 5.27. The van der Waals surface area contributed by atoms with Crippen LogP contribution in [0.2, 0.25) is 0 Å². The molecule has 2 aromatic rings. The maximum Gasteiger partial charge on any atom is 0.271 e. The second kappa shape index (κ2) is 7.38. The number of methoxy groups -OCH3 is 1. The van der Waals surface area contributed by atoms with E-state index in [0.29, 0.717) is 5.75 Å². The molecular formula is C15H13N3O5S. The highest BCUT2D eigenvalue weighted by Gasteiger charge is 2.15. The van der Waals surface area contributed by atoms with Crippen molar-refractivity contribution in [3.63, 3.8) is 0 Å². The van der Waals surface area contributed by atoms with Gasteiger partial charge in [-0.15, -0.1) is 0 Å². The topological polar surface area (TPSA) is 114 Å². The first-order valence-electron chi connectivity index (χ1n) is 6.65. The number of phenolic OH excluding ortho intramolecular Hbond substituents is 1. The fourth-order valence-corrected chi connectivity index (χ4v) is 2.10. The van der Waals surface area contributed by atoms with Crippen LogP contribution in [-0.4, -0.2) is 28.2 Å². The number of nitrogens with one attached hydrogen (secondary N) is 2. The van der Waals surface area contributed by atoms with Crippen LogP contribution in [0.4, 0.5) is 11.4 Å². The Morgan fingerprint density at radius 3 is 2.67 bits per heavy atom. The highest BCUT2D eigenvalue weighted by atomic mass is 32.1. The Balaban J connectivity index is 2.12. The van der Waals surface area contributed by atoms with Gasteiger partial charge in [-0.1, -0.05) is 12.1 Å². The average Bonchev–Trinajstić information content (AvgIpc) is 2.56. The van der Waals surface area contributed by atoms with Crippen LogP contribution in [0, 0.1) is 10.1 Å². The van der Waals surface area contributed by atoms with Crippen LogP contribution >= 0.6 is 12.2 Å². The average molecular weight is 347 g/mol. The minimum Gasteiger partial charge on any atom is -0.506 e. The summed E-state index contributed by atoms with van der Waals surface area (Å²) in [7, 11) is 1.43. The zero-order valence-electron chi connectivity index (χ0n) is 12.5. The van der Waals surface area contributed by atoms with E-state index in [1.165, 1.54) is 7.11 Å². The number of non-ortho nitro benzene ring substituents is 1. The van der Waals surface area contributed by atoms with E-state index in [0.717, 1.165) is 18.2 Å². The molecule has 9 heteroatoms. The number of hydrogen-bond acceptors (Lipinski definition) is 6. The van der Waals surface area contributed by atoms with Gasteiger partial charge in [-0.2, -0.15) is 0 Å². The number of carbonyl (C=O) groups is 1. The summed E-state index contributed by atoms with van der Waals surface area (Å²) in [6.07, 6.45) is 0. The van der Waals surface area contributed by atoms with Gasteiger partial charge in [-0.3, -0.25) is 20.2 Å². The number of nitro groups is 1. The number of ether oxygens (including phenoxy) is 1. The van der Waals surface area contributed by atoms with Crippen LogP contribution in [0.25, 0.3) is 0 Å². The third-order valence-electron chi connectivity index (χ3n) is 3.02. The standard InChI is InChI=1S/C15H13N3O5S/c1-23-13-5-3-2-4-10(13)14(20)17-15(24)16-11-8-9(18(21)22)6-7-12(11)19/h2-8,19H,1H3,(H2,16,17,20,24). The molecule has 3 N–H and O–H groups in total. The molecule has 124 valence electrons.